The second kappa shape index (κ2) is 10.0. The Morgan fingerprint density at radius 2 is 1.93 bits per heavy atom. The highest BCUT2D eigenvalue weighted by Gasteiger charge is 2.31. The van der Waals surface area contributed by atoms with Crippen LogP contribution in [0.1, 0.15) is 12.8 Å². The van der Waals surface area contributed by atoms with Crippen LogP contribution in [0.15, 0.2) is 18.2 Å². The molecule has 0 bridgehead atoms. The van der Waals surface area contributed by atoms with Crippen molar-refractivity contribution in [1.82, 2.24) is 15.2 Å². The summed E-state index contributed by atoms with van der Waals surface area (Å²) in [7, 11) is 0. The van der Waals surface area contributed by atoms with E-state index in [2.05, 4.69) is 25.3 Å². The number of nitrogens with one attached hydrogen (secondary N) is 2. The summed E-state index contributed by atoms with van der Waals surface area (Å²) in [5.74, 6) is -0.980. The Bertz CT molecular complexity index is 884. The van der Waals surface area contributed by atoms with Crippen LogP contribution in [0.25, 0.3) is 10.2 Å². The molecule has 3 rings (SSSR count). The van der Waals surface area contributed by atoms with Crippen molar-refractivity contribution in [3.63, 3.8) is 0 Å². The molecular weight excluding hydrogens is 425 g/mol. The van der Waals surface area contributed by atoms with Crippen molar-refractivity contribution in [1.29, 1.82) is 0 Å². The number of hydrogen-bond donors (Lipinski definition) is 2. The van der Waals surface area contributed by atoms with Crippen molar-refractivity contribution in [2.45, 2.75) is 19.2 Å². The number of thiazole rings is 1. The Hall–Kier alpha value is -2.44. The van der Waals surface area contributed by atoms with Gasteiger partial charge in [0.05, 0.1) is 23.4 Å². The molecule has 0 radical (unpaired) electrons. The van der Waals surface area contributed by atoms with Crippen LogP contribution in [0.2, 0.25) is 0 Å². The maximum Gasteiger partial charge on any atom is 0.573 e. The van der Waals surface area contributed by atoms with Gasteiger partial charge in [0.15, 0.2) is 5.13 Å². The molecule has 12 heteroatoms. The number of morpholine rings is 1. The third kappa shape index (κ3) is 7.11. The third-order valence-corrected chi connectivity index (χ3v) is 5.21. The average molecular weight is 446 g/mol. The Balaban J connectivity index is 1.41. The number of nitrogens with zero attached hydrogens (tertiary/aromatic N) is 2. The number of rotatable bonds is 8. The second-order valence-electron chi connectivity index (χ2n) is 6.55. The van der Waals surface area contributed by atoms with Gasteiger partial charge >= 0.3 is 6.36 Å². The van der Waals surface area contributed by atoms with Crippen molar-refractivity contribution >= 4 is 38.5 Å². The molecule has 1 aliphatic rings. The maximum absolute atomic E-state index is 12.3. The highest BCUT2D eigenvalue weighted by Crippen LogP contribution is 2.31. The van der Waals surface area contributed by atoms with Gasteiger partial charge in [-0.3, -0.25) is 14.5 Å². The molecule has 2 amide bonds. The number of alkyl halides is 3. The number of halogens is 3. The van der Waals surface area contributed by atoms with E-state index >= 15 is 0 Å². The first-order chi connectivity index (χ1) is 14.3. The van der Waals surface area contributed by atoms with E-state index in [-0.39, 0.29) is 29.6 Å². The molecule has 1 aromatic carbocycles. The number of amides is 2. The van der Waals surface area contributed by atoms with E-state index in [1.165, 1.54) is 12.1 Å². The van der Waals surface area contributed by atoms with Crippen molar-refractivity contribution in [2.24, 2.45) is 0 Å². The zero-order chi connectivity index (χ0) is 21.6. The molecule has 2 heterocycles. The van der Waals surface area contributed by atoms with Crippen LogP contribution in [0, 0.1) is 0 Å². The third-order valence-electron chi connectivity index (χ3n) is 4.27. The summed E-state index contributed by atoms with van der Waals surface area (Å²) in [6.45, 7) is 4.29. The number of aromatic nitrogens is 1. The average Bonchev–Trinajstić information content (AvgIpc) is 3.07. The van der Waals surface area contributed by atoms with Crippen molar-refractivity contribution < 1.29 is 32.2 Å². The van der Waals surface area contributed by atoms with Gasteiger partial charge in [-0.25, -0.2) is 4.98 Å². The predicted octanol–water partition coefficient (Wildman–Crippen LogP) is 2.36. The van der Waals surface area contributed by atoms with E-state index < -0.39 is 12.3 Å². The van der Waals surface area contributed by atoms with Gasteiger partial charge in [0, 0.05) is 45.1 Å². The second-order valence-corrected chi connectivity index (χ2v) is 7.58. The summed E-state index contributed by atoms with van der Waals surface area (Å²) < 4.78 is 46.5. The fraction of sp³-hybridized carbons (Fsp3) is 0.500. The normalized spacial score (nSPS) is 15.2. The number of benzene rings is 1. The monoisotopic (exact) mass is 446 g/mol. The SMILES string of the molecule is O=C(CCC(=O)Nc1nc2ccc(OC(F)(F)F)cc2s1)NCCN1CCOCC1. The van der Waals surface area contributed by atoms with Gasteiger partial charge in [-0.05, 0) is 12.1 Å². The van der Waals surface area contributed by atoms with Crippen molar-refractivity contribution in [3.05, 3.63) is 18.2 Å². The van der Waals surface area contributed by atoms with Gasteiger partial charge in [0.2, 0.25) is 11.8 Å². The number of anilines is 1. The summed E-state index contributed by atoms with van der Waals surface area (Å²) in [6.07, 6.45) is -4.77. The molecular formula is C18H21F3N4O4S. The van der Waals surface area contributed by atoms with Crippen LogP contribution >= 0.6 is 11.3 Å². The summed E-state index contributed by atoms with van der Waals surface area (Å²) >= 11 is 1.02. The molecule has 0 spiro atoms. The van der Waals surface area contributed by atoms with E-state index in [0.717, 1.165) is 37.0 Å². The van der Waals surface area contributed by atoms with E-state index in [4.69, 9.17) is 4.74 Å². The number of carbonyl (C=O) groups is 2. The molecule has 0 aliphatic carbocycles. The quantitative estimate of drug-likeness (QED) is 0.647. The van der Waals surface area contributed by atoms with Crippen LogP contribution in [-0.4, -0.2) is 67.5 Å². The first-order valence-electron chi connectivity index (χ1n) is 9.31. The lowest BCUT2D eigenvalue weighted by atomic mass is 10.3. The van der Waals surface area contributed by atoms with Crippen LogP contribution in [0.5, 0.6) is 5.75 Å². The molecule has 0 saturated carbocycles. The first-order valence-corrected chi connectivity index (χ1v) is 10.1. The number of carbonyl (C=O) groups excluding carboxylic acids is 2. The number of fused-ring (bicyclic) bond motifs is 1. The van der Waals surface area contributed by atoms with Crippen LogP contribution in [0.3, 0.4) is 0 Å². The number of ether oxygens (including phenoxy) is 2. The van der Waals surface area contributed by atoms with Crippen molar-refractivity contribution in [3.8, 4) is 5.75 Å². The molecule has 164 valence electrons. The molecule has 0 atom stereocenters. The Labute approximate surface area is 174 Å². The number of hydrogen-bond acceptors (Lipinski definition) is 7. The van der Waals surface area contributed by atoms with E-state index in [0.29, 0.717) is 30.0 Å². The highest BCUT2D eigenvalue weighted by atomic mass is 32.1. The zero-order valence-electron chi connectivity index (χ0n) is 16.0. The molecule has 2 aromatic rings. The molecule has 1 saturated heterocycles. The lowest BCUT2D eigenvalue weighted by Gasteiger charge is -2.26. The van der Waals surface area contributed by atoms with Crippen LogP contribution in [-0.2, 0) is 14.3 Å². The standard InChI is InChI=1S/C18H21F3N4O4S/c19-18(20,21)29-12-1-2-13-14(11-12)30-17(23-13)24-16(27)4-3-15(26)22-5-6-25-7-9-28-10-8-25/h1-2,11H,3-10H2,(H,22,26)(H,23,24,27). The minimum absolute atomic E-state index is 0.0260. The summed E-state index contributed by atoms with van der Waals surface area (Å²) in [5, 5.41) is 5.58. The highest BCUT2D eigenvalue weighted by molar-refractivity contribution is 7.22. The summed E-state index contributed by atoms with van der Waals surface area (Å²) in [6, 6.07) is 3.74. The summed E-state index contributed by atoms with van der Waals surface area (Å²) in [5.41, 5.74) is 0.436. The lowest BCUT2D eigenvalue weighted by Crippen LogP contribution is -2.41. The van der Waals surface area contributed by atoms with E-state index in [1.807, 2.05) is 0 Å². The fourth-order valence-corrected chi connectivity index (χ4v) is 3.74. The van der Waals surface area contributed by atoms with Crippen molar-refractivity contribution in [2.75, 3.05) is 44.7 Å². The molecule has 1 aliphatic heterocycles. The Kier molecular flexibility index (Phi) is 7.45. The van der Waals surface area contributed by atoms with Gasteiger partial charge in [-0.1, -0.05) is 11.3 Å². The lowest BCUT2D eigenvalue weighted by molar-refractivity contribution is -0.274. The van der Waals surface area contributed by atoms with E-state index in [1.54, 1.807) is 0 Å². The zero-order valence-corrected chi connectivity index (χ0v) is 16.8. The van der Waals surface area contributed by atoms with Gasteiger partial charge in [-0.2, -0.15) is 0 Å². The minimum Gasteiger partial charge on any atom is -0.406 e. The fourth-order valence-electron chi connectivity index (χ4n) is 2.83. The van der Waals surface area contributed by atoms with Gasteiger partial charge in [0.25, 0.3) is 0 Å². The molecule has 30 heavy (non-hydrogen) atoms. The maximum atomic E-state index is 12.3. The molecule has 0 unspecified atom stereocenters. The van der Waals surface area contributed by atoms with E-state index in [9.17, 15) is 22.8 Å². The largest absolute Gasteiger partial charge is 0.573 e. The van der Waals surface area contributed by atoms with Crippen LogP contribution in [0.4, 0.5) is 18.3 Å². The molecule has 8 nitrogen and oxygen atoms in total. The Morgan fingerprint density at radius 1 is 1.20 bits per heavy atom. The van der Waals surface area contributed by atoms with Gasteiger partial charge < -0.3 is 20.1 Å². The molecule has 1 fully saturated rings. The van der Waals surface area contributed by atoms with Gasteiger partial charge in [0.1, 0.15) is 5.75 Å². The van der Waals surface area contributed by atoms with Crippen LogP contribution < -0.4 is 15.4 Å². The molecule has 1 aromatic heterocycles. The first kappa shape index (κ1) is 22.2. The minimum atomic E-state index is -4.78. The summed E-state index contributed by atoms with van der Waals surface area (Å²) in [4.78, 5) is 30.3. The molecule has 2 N–H and O–H groups in total. The Morgan fingerprint density at radius 3 is 2.67 bits per heavy atom. The predicted molar refractivity (Wildman–Crippen MR) is 104 cm³/mol. The van der Waals surface area contributed by atoms with Gasteiger partial charge in [-0.15, -0.1) is 13.2 Å². The topological polar surface area (TPSA) is 92.8 Å². The smallest absolute Gasteiger partial charge is 0.406 e.